The summed E-state index contributed by atoms with van der Waals surface area (Å²) in [5, 5.41) is 19.2. The first-order chi connectivity index (χ1) is 13.5. The largest absolute Gasteiger partial charge is 0.508 e. The van der Waals surface area contributed by atoms with E-state index >= 15 is 0 Å². The molecule has 0 spiro atoms. The maximum Gasteiger partial charge on any atom is 0.229 e. The first-order valence-corrected chi connectivity index (χ1v) is 9.01. The van der Waals surface area contributed by atoms with Gasteiger partial charge in [-0.1, -0.05) is 18.2 Å². The number of carbonyl (C=O) groups excluding carboxylic acids is 2. The predicted octanol–water partition coefficient (Wildman–Crippen LogP) is 2.12. The molecule has 0 radical (unpaired) electrons. The second-order valence-electron chi connectivity index (χ2n) is 6.82. The number of phenolic OH excluding ortho intramolecular Hbond substituents is 1. The lowest BCUT2D eigenvalue weighted by molar-refractivity contribution is -0.126. The van der Waals surface area contributed by atoms with Gasteiger partial charge in [0.1, 0.15) is 11.6 Å². The smallest absolute Gasteiger partial charge is 0.229 e. The molecule has 0 saturated carbocycles. The molecule has 1 aliphatic rings. The molecule has 7 nitrogen and oxygen atoms in total. The van der Waals surface area contributed by atoms with Crippen LogP contribution >= 0.6 is 0 Å². The van der Waals surface area contributed by atoms with Crippen molar-refractivity contribution >= 4 is 28.5 Å². The zero-order chi connectivity index (χ0) is 19.7. The van der Waals surface area contributed by atoms with Crippen LogP contribution in [-0.2, 0) is 16.0 Å². The maximum absolute atomic E-state index is 14.2. The van der Waals surface area contributed by atoms with E-state index in [-0.39, 0.29) is 41.7 Å². The molecule has 1 atom stereocenters. The quantitative estimate of drug-likeness (QED) is 0.630. The Hall–Kier alpha value is -3.42. The number of anilines is 1. The Labute approximate surface area is 160 Å². The van der Waals surface area contributed by atoms with Crippen molar-refractivity contribution in [3.8, 4) is 5.75 Å². The fourth-order valence-electron chi connectivity index (χ4n) is 3.43. The van der Waals surface area contributed by atoms with E-state index in [2.05, 4.69) is 15.5 Å². The van der Waals surface area contributed by atoms with Gasteiger partial charge >= 0.3 is 0 Å². The number of aromatic hydroxyl groups is 1. The first-order valence-electron chi connectivity index (χ1n) is 9.01. The van der Waals surface area contributed by atoms with Gasteiger partial charge in [-0.15, -0.1) is 0 Å². The summed E-state index contributed by atoms with van der Waals surface area (Å²) in [4.78, 5) is 26.2. The van der Waals surface area contributed by atoms with Crippen molar-refractivity contribution in [3.63, 3.8) is 0 Å². The van der Waals surface area contributed by atoms with Gasteiger partial charge in [0.15, 0.2) is 5.82 Å². The molecule has 1 fully saturated rings. The number of aromatic amines is 1. The fraction of sp³-hybridized carbons (Fsp3) is 0.250. The van der Waals surface area contributed by atoms with Crippen molar-refractivity contribution in [2.45, 2.75) is 12.8 Å². The van der Waals surface area contributed by atoms with E-state index < -0.39 is 11.7 Å². The van der Waals surface area contributed by atoms with Crippen LogP contribution in [0.5, 0.6) is 5.75 Å². The summed E-state index contributed by atoms with van der Waals surface area (Å²) in [7, 11) is 0. The number of nitrogens with zero attached hydrogens (tertiary/aromatic N) is 2. The van der Waals surface area contributed by atoms with Crippen molar-refractivity contribution in [2.75, 3.05) is 18.0 Å². The number of hydrogen-bond donors (Lipinski definition) is 3. The minimum Gasteiger partial charge on any atom is -0.508 e. The molecule has 0 aliphatic carbocycles. The summed E-state index contributed by atoms with van der Waals surface area (Å²) in [6.45, 7) is 0.590. The molecule has 2 aromatic carbocycles. The average Bonchev–Trinajstić information content (AvgIpc) is 3.27. The summed E-state index contributed by atoms with van der Waals surface area (Å²) in [5.74, 6) is -1.02. The fourth-order valence-corrected chi connectivity index (χ4v) is 3.43. The average molecular weight is 382 g/mol. The molecular weight excluding hydrogens is 363 g/mol. The summed E-state index contributed by atoms with van der Waals surface area (Å²) >= 11 is 0. The van der Waals surface area contributed by atoms with Crippen molar-refractivity contribution in [3.05, 3.63) is 53.8 Å². The normalized spacial score (nSPS) is 16.7. The van der Waals surface area contributed by atoms with Crippen LogP contribution in [0.4, 0.5) is 10.2 Å². The molecule has 2 amide bonds. The molecule has 4 rings (SSSR count). The number of phenols is 1. The molecule has 3 aromatic rings. The number of rotatable bonds is 5. The monoisotopic (exact) mass is 382 g/mol. The Balaban J connectivity index is 1.40. The van der Waals surface area contributed by atoms with Gasteiger partial charge in [0.2, 0.25) is 11.8 Å². The Morgan fingerprint density at radius 3 is 2.86 bits per heavy atom. The van der Waals surface area contributed by atoms with Crippen molar-refractivity contribution in [1.82, 2.24) is 15.5 Å². The summed E-state index contributed by atoms with van der Waals surface area (Å²) in [6, 6.07) is 11.3. The highest BCUT2D eigenvalue weighted by atomic mass is 19.1. The van der Waals surface area contributed by atoms with Gasteiger partial charge in [-0.2, -0.15) is 5.10 Å². The summed E-state index contributed by atoms with van der Waals surface area (Å²) in [5.41, 5.74) is 1.49. The molecule has 2 heterocycles. The van der Waals surface area contributed by atoms with Gasteiger partial charge in [-0.25, -0.2) is 4.39 Å². The number of aromatic nitrogens is 2. The molecule has 1 aromatic heterocycles. The minimum atomic E-state index is -0.508. The van der Waals surface area contributed by atoms with Crippen molar-refractivity contribution in [1.29, 1.82) is 0 Å². The highest BCUT2D eigenvalue weighted by Gasteiger charge is 2.37. The van der Waals surface area contributed by atoms with Crippen molar-refractivity contribution in [2.24, 2.45) is 5.92 Å². The minimum absolute atomic E-state index is 0.0633. The Morgan fingerprint density at radius 1 is 1.29 bits per heavy atom. The third-order valence-corrected chi connectivity index (χ3v) is 4.92. The third kappa shape index (κ3) is 3.40. The second kappa shape index (κ2) is 7.30. The van der Waals surface area contributed by atoms with Gasteiger partial charge in [0.05, 0.1) is 16.8 Å². The topological polar surface area (TPSA) is 98.3 Å². The standard InChI is InChI=1S/C20H19FN4O3/c21-15-2-1-3-16-18(15)19(24-23-16)25-11-13(10-17(25)27)20(28)22-9-8-12-4-6-14(26)7-5-12/h1-7,13,26H,8-11H2,(H,22,28)(H,23,24)/t13-/m1/s1. The van der Waals surface area contributed by atoms with Crippen LogP contribution in [0.2, 0.25) is 0 Å². The van der Waals surface area contributed by atoms with Crippen LogP contribution in [0, 0.1) is 11.7 Å². The van der Waals surface area contributed by atoms with E-state index in [1.165, 1.54) is 11.0 Å². The molecule has 1 aliphatic heterocycles. The van der Waals surface area contributed by atoms with Gasteiger partial charge in [0, 0.05) is 19.5 Å². The lowest BCUT2D eigenvalue weighted by Gasteiger charge is -2.14. The number of carbonyl (C=O) groups is 2. The third-order valence-electron chi connectivity index (χ3n) is 4.92. The van der Waals surface area contributed by atoms with Gasteiger partial charge in [-0.3, -0.25) is 19.6 Å². The second-order valence-corrected chi connectivity index (χ2v) is 6.82. The number of amides is 2. The Bertz CT molecular complexity index is 1030. The van der Waals surface area contributed by atoms with Gasteiger partial charge in [0.25, 0.3) is 0 Å². The first kappa shape index (κ1) is 18.0. The summed E-state index contributed by atoms with van der Waals surface area (Å²) in [6.07, 6.45) is 0.680. The van der Waals surface area contributed by atoms with Crippen molar-refractivity contribution < 1.29 is 19.1 Å². The summed E-state index contributed by atoms with van der Waals surface area (Å²) < 4.78 is 14.2. The number of nitrogens with one attached hydrogen (secondary N) is 2. The van der Waals surface area contributed by atoms with Crippen LogP contribution in [-0.4, -0.2) is 40.2 Å². The van der Waals surface area contributed by atoms with E-state index in [9.17, 15) is 19.1 Å². The van der Waals surface area contributed by atoms with Crippen LogP contribution in [0.1, 0.15) is 12.0 Å². The van der Waals surface area contributed by atoms with Crippen LogP contribution in [0.15, 0.2) is 42.5 Å². The molecule has 144 valence electrons. The Morgan fingerprint density at radius 2 is 2.07 bits per heavy atom. The SMILES string of the molecule is O=C(NCCc1ccc(O)cc1)[C@@H]1CC(=O)N(c2n[nH]c3cccc(F)c23)C1. The number of halogens is 1. The highest BCUT2D eigenvalue weighted by Crippen LogP contribution is 2.31. The molecule has 0 bridgehead atoms. The maximum atomic E-state index is 14.2. The molecule has 3 N–H and O–H groups in total. The molecular formula is C20H19FN4O3. The number of hydrogen-bond acceptors (Lipinski definition) is 4. The number of benzene rings is 2. The molecule has 28 heavy (non-hydrogen) atoms. The van der Waals surface area contributed by atoms with Crippen LogP contribution in [0.3, 0.4) is 0 Å². The molecule has 1 saturated heterocycles. The van der Waals surface area contributed by atoms with Gasteiger partial charge in [-0.05, 0) is 36.2 Å². The van der Waals surface area contributed by atoms with Crippen LogP contribution in [0.25, 0.3) is 10.9 Å². The zero-order valence-electron chi connectivity index (χ0n) is 15.0. The predicted molar refractivity (Wildman–Crippen MR) is 101 cm³/mol. The molecule has 8 heteroatoms. The van der Waals surface area contributed by atoms with E-state index in [1.807, 2.05) is 0 Å². The number of fused-ring (bicyclic) bond motifs is 1. The highest BCUT2D eigenvalue weighted by molar-refractivity contribution is 6.05. The van der Waals surface area contributed by atoms with Crippen LogP contribution < -0.4 is 10.2 Å². The Kier molecular flexibility index (Phi) is 4.68. The lowest BCUT2D eigenvalue weighted by Crippen LogP contribution is -2.34. The van der Waals surface area contributed by atoms with E-state index in [4.69, 9.17) is 0 Å². The van der Waals surface area contributed by atoms with E-state index in [0.29, 0.717) is 18.5 Å². The van der Waals surface area contributed by atoms with Gasteiger partial charge < -0.3 is 10.4 Å². The zero-order valence-corrected chi connectivity index (χ0v) is 15.0. The van der Waals surface area contributed by atoms with E-state index in [0.717, 1.165) is 5.56 Å². The number of H-pyrrole nitrogens is 1. The van der Waals surface area contributed by atoms with E-state index in [1.54, 1.807) is 36.4 Å². The lowest BCUT2D eigenvalue weighted by atomic mass is 10.1. The molecule has 0 unspecified atom stereocenters.